The lowest BCUT2D eigenvalue weighted by molar-refractivity contribution is -0.155. The smallest absolute Gasteiger partial charge is 0.308 e. The number of aliphatic hydroxyl groups excluding tert-OH is 1. The van der Waals surface area contributed by atoms with Crippen LogP contribution in [-0.2, 0) is 9.53 Å². The second kappa shape index (κ2) is 8.13. The summed E-state index contributed by atoms with van der Waals surface area (Å²) in [6.07, 6.45) is 7.84. The van der Waals surface area contributed by atoms with Crippen molar-refractivity contribution in [2.24, 2.45) is 11.3 Å². The zero-order chi connectivity index (χ0) is 19.6. The monoisotopic (exact) mass is 386 g/mol. The summed E-state index contributed by atoms with van der Waals surface area (Å²) in [7, 11) is 1.47. The molecule has 0 saturated heterocycles. The van der Waals surface area contributed by atoms with Gasteiger partial charge in [0, 0.05) is 30.4 Å². The molecule has 0 bridgehead atoms. The zero-order valence-electron chi connectivity index (χ0n) is 16.4. The summed E-state index contributed by atoms with van der Waals surface area (Å²) in [6, 6.07) is 8.35. The fourth-order valence-corrected chi connectivity index (χ4v) is 4.83. The van der Waals surface area contributed by atoms with Crippen LogP contribution >= 0.6 is 0 Å². The molecule has 152 valence electrons. The SMILES string of the molecule is COC(=O)C1CC2(CCC(NCC(O)COc3ccc4cc[nH]c4c3)CC2)C1. The normalized spacial score (nSPS) is 28.1. The molecule has 2 saturated carbocycles. The van der Waals surface area contributed by atoms with E-state index in [0.717, 1.165) is 55.2 Å². The van der Waals surface area contributed by atoms with Gasteiger partial charge in [-0.3, -0.25) is 4.79 Å². The summed E-state index contributed by atoms with van der Waals surface area (Å²) >= 11 is 0. The number of H-pyrrole nitrogens is 1. The Bertz CT molecular complexity index is 802. The van der Waals surface area contributed by atoms with E-state index in [2.05, 4.69) is 10.3 Å². The van der Waals surface area contributed by atoms with Gasteiger partial charge < -0.3 is 24.9 Å². The number of aliphatic hydroxyl groups is 1. The molecule has 0 aliphatic heterocycles. The first kappa shape index (κ1) is 19.3. The van der Waals surface area contributed by atoms with Gasteiger partial charge in [-0.25, -0.2) is 0 Å². The maximum absolute atomic E-state index is 11.6. The number of aromatic nitrogens is 1. The number of ether oxygens (including phenoxy) is 2. The van der Waals surface area contributed by atoms with Gasteiger partial charge in [-0.2, -0.15) is 0 Å². The minimum Gasteiger partial charge on any atom is -0.491 e. The first-order valence-electron chi connectivity index (χ1n) is 10.3. The minimum atomic E-state index is -0.539. The van der Waals surface area contributed by atoms with Gasteiger partial charge in [0.05, 0.1) is 13.0 Å². The second-order valence-electron chi connectivity index (χ2n) is 8.50. The average Bonchev–Trinajstić information content (AvgIpc) is 3.16. The maximum atomic E-state index is 11.6. The largest absolute Gasteiger partial charge is 0.491 e. The average molecular weight is 386 g/mol. The number of aromatic amines is 1. The van der Waals surface area contributed by atoms with Crippen molar-refractivity contribution in [3.8, 4) is 5.75 Å². The molecule has 2 aliphatic rings. The molecule has 1 spiro atoms. The lowest BCUT2D eigenvalue weighted by Gasteiger charge is -2.50. The lowest BCUT2D eigenvalue weighted by atomic mass is 9.55. The molecular formula is C22H30N2O4. The van der Waals surface area contributed by atoms with Crippen molar-refractivity contribution in [3.05, 3.63) is 30.5 Å². The highest BCUT2D eigenvalue weighted by Gasteiger charge is 2.49. The van der Waals surface area contributed by atoms with Crippen molar-refractivity contribution in [1.82, 2.24) is 10.3 Å². The number of esters is 1. The zero-order valence-corrected chi connectivity index (χ0v) is 16.4. The number of carbonyl (C=O) groups is 1. The van der Waals surface area contributed by atoms with Crippen molar-refractivity contribution < 1.29 is 19.4 Å². The highest BCUT2D eigenvalue weighted by atomic mass is 16.5. The van der Waals surface area contributed by atoms with Crippen LogP contribution in [0.15, 0.2) is 30.5 Å². The van der Waals surface area contributed by atoms with E-state index in [1.165, 1.54) is 7.11 Å². The molecule has 1 unspecified atom stereocenters. The van der Waals surface area contributed by atoms with E-state index >= 15 is 0 Å². The fourth-order valence-electron chi connectivity index (χ4n) is 4.83. The van der Waals surface area contributed by atoms with E-state index in [1.54, 1.807) is 0 Å². The van der Waals surface area contributed by atoms with Crippen LogP contribution in [0.5, 0.6) is 5.75 Å². The number of hydrogen-bond acceptors (Lipinski definition) is 5. The maximum Gasteiger partial charge on any atom is 0.308 e. The van der Waals surface area contributed by atoms with Gasteiger partial charge in [0.25, 0.3) is 0 Å². The van der Waals surface area contributed by atoms with Crippen LogP contribution in [0.25, 0.3) is 10.9 Å². The van der Waals surface area contributed by atoms with Crippen LogP contribution in [-0.4, -0.2) is 48.5 Å². The van der Waals surface area contributed by atoms with Gasteiger partial charge in [0.1, 0.15) is 18.5 Å². The Kier molecular flexibility index (Phi) is 5.60. The van der Waals surface area contributed by atoms with E-state index in [9.17, 15) is 9.90 Å². The number of fused-ring (bicyclic) bond motifs is 1. The van der Waals surface area contributed by atoms with Crippen LogP contribution in [0.4, 0.5) is 0 Å². The number of benzene rings is 1. The Balaban J connectivity index is 1.15. The minimum absolute atomic E-state index is 0.0515. The quantitative estimate of drug-likeness (QED) is 0.637. The van der Waals surface area contributed by atoms with Crippen LogP contribution in [0, 0.1) is 11.3 Å². The molecule has 1 aromatic carbocycles. The molecule has 2 fully saturated rings. The van der Waals surface area contributed by atoms with Crippen molar-refractivity contribution in [3.63, 3.8) is 0 Å². The van der Waals surface area contributed by atoms with Crippen LogP contribution in [0.1, 0.15) is 38.5 Å². The van der Waals surface area contributed by atoms with Crippen molar-refractivity contribution in [2.45, 2.75) is 50.7 Å². The van der Waals surface area contributed by atoms with Gasteiger partial charge in [0.2, 0.25) is 0 Å². The molecule has 1 heterocycles. The summed E-state index contributed by atoms with van der Waals surface area (Å²) in [5.41, 5.74) is 1.39. The molecule has 4 rings (SSSR count). The molecule has 2 aromatic rings. The highest BCUT2D eigenvalue weighted by molar-refractivity contribution is 5.80. The summed E-state index contributed by atoms with van der Waals surface area (Å²) in [5.74, 6) is 0.821. The van der Waals surface area contributed by atoms with Crippen LogP contribution < -0.4 is 10.1 Å². The molecule has 0 amide bonds. The number of nitrogens with one attached hydrogen (secondary N) is 2. The first-order chi connectivity index (χ1) is 13.6. The third-order valence-corrected chi connectivity index (χ3v) is 6.55. The van der Waals surface area contributed by atoms with Crippen molar-refractivity contribution in [1.29, 1.82) is 0 Å². The van der Waals surface area contributed by atoms with Gasteiger partial charge in [0.15, 0.2) is 0 Å². The van der Waals surface area contributed by atoms with Crippen molar-refractivity contribution >= 4 is 16.9 Å². The summed E-state index contributed by atoms with van der Waals surface area (Å²) in [5, 5.41) is 14.9. The molecule has 1 aromatic heterocycles. The summed E-state index contributed by atoms with van der Waals surface area (Å²) < 4.78 is 10.6. The Hall–Kier alpha value is -2.05. The Morgan fingerprint density at radius 3 is 2.86 bits per heavy atom. The lowest BCUT2D eigenvalue weighted by Crippen LogP contribution is -2.48. The first-order valence-corrected chi connectivity index (χ1v) is 10.3. The molecule has 6 heteroatoms. The molecule has 28 heavy (non-hydrogen) atoms. The van der Waals surface area contributed by atoms with E-state index in [1.807, 2.05) is 30.5 Å². The topological polar surface area (TPSA) is 83.6 Å². The van der Waals surface area contributed by atoms with E-state index in [4.69, 9.17) is 9.47 Å². The molecule has 6 nitrogen and oxygen atoms in total. The van der Waals surface area contributed by atoms with Gasteiger partial charge >= 0.3 is 5.97 Å². The summed E-state index contributed by atoms with van der Waals surface area (Å²) in [4.78, 5) is 14.8. The van der Waals surface area contributed by atoms with Crippen LogP contribution in [0.2, 0.25) is 0 Å². The Morgan fingerprint density at radius 2 is 2.11 bits per heavy atom. The number of methoxy groups -OCH3 is 1. The van der Waals surface area contributed by atoms with Gasteiger partial charge in [-0.1, -0.05) is 0 Å². The number of carbonyl (C=O) groups excluding carboxylic acids is 1. The van der Waals surface area contributed by atoms with E-state index in [0.29, 0.717) is 18.0 Å². The molecule has 0 radical (unpaired) electrons. The molecular weight excluding hydrogens is 356 g/mol. The third kappa shape index (κ3) is 4.18. The predicted molar refractivity (Wildman–Crippen MR) is 107 cm³/mol. The van der Waals surface area contributed by atoms with E-state index < -0.39 is 6.10 Å². The van der Waals surface area contributed by atoms with Gasteiger partial charge in [-0.15, -0.1) is 0 Å². The second-order valence-corrected chi connectivity index (χ2v) is 8.50. The number of hydrogen-bond donors (Lipinski definition) is 3. The van der Waals surface area contributed by atoms with Gasteiger partial charge in [-0.05, 0) is 67.5 Å². The van der Waals surface area contributed by atoms with Crippen molar-refractivity contribution in [2.75, 3.05) is 20.3 Å². The third-order valence-electron chi connectivity index (χ3n) is 6.55. The van der Waals surface area contributed by atoms with E-state index in [-0.39, 0.29) is 18.5 Å². The number of rotatable bonds is 7. The standard InChI is InChI=1S/C22H30N2O4/c1-27-21(26)16-11-22(12-16)7-4-17(5-8-22)24-13-18(25)14-28-19-3-2-15-6-9-23-20(15)10-19/h2-3,6,9-10,16-18,23-25H,4-5,7-8,11-14H2,1H3. The Labute approximate surface area is 165 Å². The molecule has 1 atom stereocenters. The summed E-state index contributed by atoms with van der Waals surface area (Å²) in [6.45, 7) is 0.809. The molecule has 3 N–H and O–H groups in total. The predicted octanol–water partition coefficient (Wildman–Crippen LogP) is 3.01. The molecule has 2 aliphatic carbocycles. The fraction of sp³-hybridized carbons (Fsp3) is 0.591. The van der Waals surface area contributed by atoms with Crippen LogP contribution in [0.3, 0.4) is 0 Å². The highest BCUT2D eigenvalue weighted by Crippen LogP contribution is 2.55. The Morgan fingerprint density at radius 1 is 1.32 bits per heavy atom.